The molecule has 0 aromatic heterocycles. The normalized spacial score (nSPS) is 15.4. The van der Waals surface area contributed by atoms with Gasteiger partial charge in [-0.15, -0.1) is 0 Å². The lowest BCUT2D eigenvalue weighted by Crippen LogP contribution is -2.33. The zero-order valence-electron chi connectivity index (χ0n) is 14.7. The van der Waals surface area contributed by atoms with Crippen molar-refractivity contribution in [2.45, 2.75) is 0 Å². The lowest BCUT2D eigenvalue weighted by molar-refractivity contribution is -0.122. The Bertz CT molecular complexity index is 916. The number of anilines is 1. The Hall–Kier alpha value is -3.00. The van der Waals surface area contributed by atoms with Gasteiger partial charge in [0, 0.05) is 5.69 Å². The van der Waals surface area contributed by atoms with Gasteiger partial charge in [-0.25, -0.2) is 4.39 Å². The van der Waals surface area contributed by atoms with E-state index in [4.69, 9.17) is 9.47 Å². The molecule has 1 saturated heterocycles. The van der Waals surface area contributed by atoms with E-state index < -0.39 is 17.0 Å². The molecular weight excluding hydrogens is 371 g/mol. The van der Waals surface area contributed by atoms with Crippen molar-refractivity contribution in [3.05, 3.63) is 58.8 Å². The van der Waals surface area contributed by atoms with Gasteiger partial charge in [0.05, 0.1) is 25.8 Å². The average Bonchev–Trinajstić information content (AvgIpc) is 2.93. The van der Waals surface area contributed by atoms with Gasteiger partial charge in [-0.05, 0) is 53.7 Å². The second-order valence-electron chi connectivity index (χ2n) is 5.57. The van der Waals surface area contributed by atoms with Gasteiger partial charge in [-0.3, -0.25) is 14.5 Å². The molecule has 0 atom stereocenters. The first kappa shape index (κ1) is 18.8. The number of nitrogens with one attached hydrogen (secondary N) is 1. The number of halogens is 1. The van der Waals surface area contributed by atoms with Crippen LogP contribution in [-0.4, -0.2) is 36.9 Å². The largest absolute Gasteiger partial charge is 0.493 e. The molecule has 0 unspecified atom stereocenters. The van der Waals surface area contributed by atoms with Crippen LogP contribution in [0.2, 0.25) is 0 Å². The number of thioether (sulfide) groups is 1. The molecule has 8 heteroatoms. The zero-order valence-corrected chi connectivity index (χ0v) is 15.5. The Morgan fingerprint density at radius 2 is 1.89 bits per heavy atom. The molecule has 0 saturated carbocycles. The second-order valence-corrected chi connectivity index (χ2v) is 6.56. The third-order valence-electron chi connectivity index (χ3n) is 3.84. The van der Waals surface area contributed by atoms with Crippen molar-refractivity contribution >= 4 is 34.7 Å². The summed E-state index contributed by atoms with van der Waals surface area (Å²) in [5, 5.41) is 2.48. The number of methoxy groups -OCH3 is 2. The molecule has 1 aliphatic heterocycles. The summed E-state index contributed by atoms with van der Waals surface area (Å²) in [7, 11) is 3.06. The van der Waals surface area contributed by atoms with Crippen LogP contribution in [0.5, 0.6) is 11.5 Å². The van der Waals surface area contributed by atoms with Crippen LogP contribution in [0.1, 0.15) is 5.56 Å². The quantitative estimate of drug-likeness (QED) is 0.756. The minimum atomic E-state index is -0.413. The predicted octanol–water partition coefficient (Wildman–Crippen LogP) is 3.95. The smallest absolute Gasteiger partial charge is 0.295 e. The van der Waals surface area contributed by atoms with Crippen LogP contribution in [0.4, 0.5) is 14.9 Å². The maximum absolute atomic E-state index is 13.2. The fraction of sp³-hybridized carbons (Fsp3) is 0.158. The highest BCUT2D eigenvalue weighted by atomic mass is 32.2. The van der Waals surface area contributed by atoms with E-state index in [0.717, 1.165) is 16.7 Å². The van der Waals surface area contributed by atoms with Crippen LogP contribution in [0.25, 0.3) is 6.08 Å². The Labute approximate surface area is 159 Å². The van der Waals surface area contributed by atoms with Crippen LogP contribution in [0.15, 0.2) is 47.4 Å². The lowest BCUT2D eigenvalue weighted by Gasteiger charge is -2.14. The van der Waals surface area contributed by atoms with Gasteiger partial charge >= 0.3 is 0 Å². The minimum Gasteiger partial charge on any atom is -0.493 e. The number of rotatable bonds is 6. The Morgan fingerprint density at radius 3 is 2.59 bits per heavy atom. The van der Waals surface area contributed by atoms with Crippen molar-refractivity contribution in [2.75, 3.05) is 26.2 Å². The molecule has 3 rings (SSSR count). The van der Waals surface area contributed by atoms with E-state index in [0.29, 0.717) is 27.7 Å². The Morgan fingerprint density at radius 1 is 1.11 bits per heavy atom. The molecule has 0 radical (unpaired) electrons. The predicted molar refractivity (Wildman–Crippen MR) is 102 cm³/mol. The van der Waals surface area contributed by atoms with Crippen molar-refractivity contribution in [3.63, 3.8) is 0 Å². The molecule has 0 aliphatic carbocycles. The first-order chi connectivity index (χ1) is 13.0. The first-order valence-corrected chi connectivity index (χ1v) is 8.80. The van der Waals surface area contributed by atoms with Crippen molar-refractivity contribution < 1.29 is 23.5 Å². The van der Waals surface area contributed by atoms with E-state index in [9.17, 15) is 14.0 Å². The van der Waals surface area contributed by atoms with Gasteiger partial charge in [-0.2, -0.15) is 0 Å². The molecule has 1 fully saturated rings. The highest BCUT2D eigenvalue weighted by Crippen LogP contribution is 2.34. The fourth-order valence-corrected chi connectivity index (χ4v) is 3.34. The molecule has 2 aromatic carbocycles. The Kier molecular flexibility index (Phi) is 5.66. The second kappa shape index (κ2) is 8.13. The Balaban J connectivity index is 1.74. The summed E-state index contributed by atoms with van der Waals surface area (Å²) in [4.78, 5) is 26.1. The number of benzene rings is 2. The van der Waals surface area contributed by atoms with Crippen LogP contribution >= 0.6 is 11.8 Å². The van der Waals surface area contributed by atoms with Gasteiger partial charge in [0.2, 0.25) is 0 Å². The topological polar surface area (TPSA) is 67.9 Å². The number of ether oxygens (including phenoxy) is 2. The van der Waals surface area contributed by atoms with Gasteiger partial charge < -0.3 is 14.8 Å². The molecule has 6 nitrogen and oxygen atoms in total. The molecule has 1 heterocycles. The summed E-state index contributed by atoms with van der Waals surface area (Å²) in [6.07, 6.45) is 1.62. The van der Waals surface area contributed by atoms with E-state index >= 15 is 0 Å². The van der Waals surface area contributed by atoms with Crippen molar-refractivity contribution in [1.82, 2.24) is 4.90 Å². The standard InChI is InChI=1S/C19H17FN2O4S/c1-25-15-7-6-12(8-16(15)26-2)9-17-18(23)22(19(24)27-17)11-21-14-5-3-4-13(20)10-14/h3-10,21H,11H2,1-2H3/b17-9+. The number of nitrogens with zero attached hydrogens (tertiary/aromatic N) is 1. The van der Waals surface area contributed by atoms with Crippen LogP contribution in [0, 0.1) is 5.82 Å². The van der Waals surface area contributed by atoms with E-state index in [1.54, 1.807) is 36.4 Å². The number of carbonyl (C=O) groups excluding carboxylic acids is 2. The maximum Gasteiger partial charge on any atom is 0.295 e. The third-order valence-corrected chi connectivity index (χ3v) is 4.75. The maximum atomic E-state index is 13.2. The SMILES string of the molecule is COc1ccc(/C=C2/SC(=O)N(CNc3cccc(F)c3)C2=O)cc1OC. The zero-order chi connectivity index (χ0) is 19.4. The first-order valence-electron chi connectivity index (χ1n) is 7.98. The van der Waals surface area contributed by atoms with Crippen LogP contribution in [-0.2, 0) is 4.79 Å². The summed E-state index contributed by atoms with van der Waals surface area (Å²) in [6, 6.07) is 11.0. The monoisotopic (exact) mass is 388 g/mol. The molecule has 1 N–H and O–H groups in total. The van der Waals surface area contributed by atoms with Crippen LogP contribution in [0.3, 0.4) is 0 Å². The number of imide groups is 1. The molecule has 0 bridgehead atoms. The summed E-state index contributed by atoms with van der Waals surface area (Å²) < 4.78 is 23.6. The molecule has 1 aliphatic rings. The fourth-order valence-electron chi connectivity index (χ4n) is 2.50. The van der Waals surface area contributed by atoms with E-state index in [-0.39, 0.29) is 6.67 Å². The van der Waals surface area contributed by atoms with Crippen LogP contribution < -0.4 is 14.8 Å². The number of hydrogen-bond acceptors (Lipinski definition) is 6. The molecule has 140 valence electrons. The summed E-state index contributed by atoms with van der Waals surface area (Å²) in [5.41, 5.74) is 1.19. The molecule has 27 heavy (non-hydrogen) atoms. The van der Waals surface area contributed by atoms with Crippen molar-refractivity contribution in [3.8, 4) is 11.5 Å². The minimum absolute atomic E-state index is 0.0443. The number of amides is 2. The van der Waals surface area contributed by atoms with Gasteiger partial charge in [0.25, 0.3) is 11.1 Å². The van der Waals surface area contributed by atoms with Crippen molar-refractivity contribution in [2.24, 2.45) is 0 Å². The highest BCUT2D eigenvalue weighted by Gasteiger charge is 2.34. The number of hydrogen-bond donors (Lipinski definition) is 1. The van der Waals surface area contributed by atoms with E-state index in [2.05, 4.69) is 5.32 Å². The van der Waals surface area contributed by atoms with E-state index in [1.807, 2.05) is 0 Å². The van der Waals surface area contributed by atoms with Gasteiger partial charge in [-0.1, -0.05) is 12.1 Å². The van der Waals surface area contributed by atoms with Gasteiger partial charge in [0.15, 0.2) is 11.5 Å². The lowest BCUT2D eigenvalue weighted by atomic mass is 10.2. The third kappa shape index (κ3) is 4.22. The van der Waals surface area contributed by atoms with E-state index in [1.165, 1.54) is 26.4 Å². The summed E-state index contributed by atoms with van der Waals surface area (Å²) in [5.74, 6) is 0.284. The highest BCUT2D eigenvalue weighted by molar-refractivity contribution is 8.18. The molecular formula is C19H17FN2O4S. The van der Waals surface area contributed by atoms with Crippen molar-refractivity contribution in [1.29, 1.82) is 0 Å². The molecule has 2 aromatic rings. The number of carbonyl (C=O) groups is 2. The summed E-state index contributed by atoms with van der Waals surface area (Å²) >= 11 is 0.851. The molecule has 0 spiro atoms. The van der Waals surface area contributed by atoms with Gasteiger partial charge in [0.1, 0.15) is 5.82 Å². The summed E-state index contributed by atoms with van der Waals surface area (Å²) in [6.45, 7) is -0.0443. The molecule has 2 amide bonds. The average molecular weight is 388 g/mol.